The Morgan fingerprint density at radius 1 is 0.940 bits per heavy atom. The number of aldehydes is 1. The fourth-order valence-electron chi connectivity index (χ4n) is 2.56. The van der Waals surface area contributed by atoms with Crippen LogP contribution in [-0.2, 0) is 30.4 Å². The number of benzene rings is 1. The average molecular weight is 708 g/mol. The van der Waals surface area contributed by atoms with Crippen LogP contribution in [0.4, 0.5) is 4.79 Å². The molecule has 0 heterocycles. The van der Waals surface area contributed by atoms with Gasteiger partial charge in [-0.2, -0.15) is 0 Å². The van der Waals surface area contributed by atoms with E-state index in [2.05, 4.69) is 55.0 Å². The number of nitrogens with zero attached hydrogens (tertiary/aromatic N) is 1. The minimum atomic E-state index is -0.847. The monoisotopic (exact) mass is 708 g/mol. The van der Waals surface area contributed by atoms with Crippen molar-refractivity contribution in [2.75, 3.05) is 19.8 Å². The van der Waals surface area contributed by atoms with Crippen LogP contribution in [0.25, 0.3) is 0 Å². The first kappa shape index (κ1) is 56.3. The zero-order chi connectivity index (χ0) is 39.6. The third-order valence-electron chi connectivity index (χ3n) is 6.34. The largest absolute Gasteiger partial charge is 0.444 e. The van der Waals surface area contributed by atoms with Gasteiger partial charge >= 0.3 is 6.09 Å². The molecule has 8 heteroatoms. The summed E-state index contributed by atoms with van der Waals surface area (Å²) < 4.78 is 15.8. The van der Waals surface area contributed by atoms with Crippen LogP contribution in [0.1, 0.15) is 134 Å². The van der Waals surface area contributed by atoms with E-state index in [1.165, 1.54) is 12.8 Å². The molecule has 1 unspecified atom stereocenters. The van der Waals surface area contributed by atoms with E-state index in [4.69, 9.17) is 19.3 Å². The second-order valence-electron chi connectivity index (χ2n) is 12.2. The molecule has 1 rings (SSSR count). The lowest BCUT2D eigenvalue weighted by molar-refractivity contribution is -0.128. The molecule has 0 aliphatic rings. The minimum absolute atomic E-state index is 0.0404. The summed E-state index contributed by atoms with van der Waals surface area (Å²) in [7, 11) is 0. The molecule has 1 aromatic rings. The lowest BCUT2D eigenvalue weighted by Crippen LogP contribution is -2.40. The maximum absolute atomic E-state index is 12.1. The average Bonchev–Trinajstić information content (AvgIpc) is 3.12. The van der Waals surface area contributed by atoms with Gasteiger partial charge < -0.3 is 24.1 Å². The topological polar surface area (TPSA) is 102 Å². The number of rotatable bonds is 17. The van der Waals surface area contributed by atoms with Crippen LogP contribution in [0.15, 0.2) is 67.3 Å². The molecule has 0 bridgehead atoms. The molecule has 0 radical (unpaired) electrons. The number of carbonyl (C=O) groups is 3. The van der Waals surface area contributed by atoms with Crippen LogP contribution in [0, 0.1) is 11.3 Å². The van der Waals surface area contributed by atoms with Gasteiger partial charge in [0.15, 0.2) is 6.29 Å². The van der Waals surface area contributed by atoms with Gasteiger partial charge in [0.2, 0.25) is 6.41 Å². The summed E-state index contributed by atoms with van der Waals surface area (Å²) in [5.41, 5.74) is 1.34. The van der Waals surface area contributed by atoms with Crippen molar-refractivity contribution < 1.29 is 33.7 Å². The van der Waals surface area contributed by atoms with Crippen LogP contribution in [0.3, 0.4) is 0 Å². The molecule has 2 amide bonds. The first-order chi connectivity index (χ1) is 23.8. The summed E-state index contributed by atoms with van der Waals surface area (Å²) in [5, 5.41) is 7.88. The van der Waals surface area contributed by atoms with Gasteiger partial charge in [-0.15, -0.1) is 0 Å². The zero-order valence-electron chi connectivity index (χ0n) is 34.3. The molecule has 2 atom stereocenters. The Balaban J connectivity index is -0.000000227. The highest BCUT2D eigenvalue weighted by molar-refractivity contribution is 5.84. The maximum Gasteiger partial charge on any atom is 0.417 e. The summed E-state index contributed by atoms with van der Waals surface area (Å²) in [6, 6.07) is 8.26. The van der Waals surface area contributed by atoms with Gasteiger partial charge in [0.25, 0.3) is 0 Å². The highest BCUT2D eigenvalue weighted by Crippen LogP contribution is 2.16. The van der Waals surface area contributed by atoms with E-state index >= 15 is 0 Å². The molecule has 0 saturated carbocycles. The van der Waals surface area contributed by atoms with Crippen molar-refractivity contribution in [3.63, 3.8) is 0 Å². The highest BCUT2D eigenvalue weighted by Gasteiger charge is 2.24. The van der Waals surface area contributed by atoms with Crippen LogP contribution >= 0.6 is 0 Å². The molecule has 292 valence electrons. The third-order valence-corrected chi connectivity index (χ3v) is 6.34. The zero-order valence-corrected chi connectivity index (χ0v) is 34.3. The number of carbonyl (C=O) groups excluding carboxylic acids is 3. The number of ether oxygens (including phenoxy) is 3. The Morgan fingerprint density at radius 3 is 1.86 bits per heavy atom. The highest BCUT2D eigenvalue weighted by atomic mass is 16.7. The molecule has 0 fully saturated rings. The first-order valence-electron chi connectivity index (χ1n) is 18.4. The van der Waals surface area contributed by atoms with E-state index in [1.54, 1.807) is 18.2 Å². The number of unbranched alkanes of at least 4 members (excludes halogenated alkanes) is 1. The predicted octanol–water partition coefficient (Wildman–Crippen LogP) is 11.1. The van der Waals surface area contributed by atoms with Gasteiger partial charge in [-0.25, -0.2) is 9.69 Å². The predicted molar refractivity (Wildman–Crippen MR) is 213 cm³/mol. The number of allylic oxidation sites excluding steroid dienone is 5. The second-order valence-corrected chi connectivity index (χ2v) is 12.2. The lowest BCUT2D eigenvalue weighted by atomic mass is 9.94. The minimum Gasteiger partial charge on any atom is -0.444 e. The first-order valence-corrected chi connectivity index (χ1v) is 18.4. The molecule has 0 aliphatic carbocycles. The fourth-order valence-corrected chi connectivity index (χ4v) is 2.56. The smallest absolute Gasteiger partial charge is 0.417 e. The van der Waals surface area contributed by atoms with E-state index in [1.807, 2.05) is 84.0 Å². The normalized spacial score (nSPS) is 11.3. The Morgan fingerprint density at radius 2 is 1.48 bits per heavy atom. The Labute approximate surface area is 308 Å². The maximum atomic E-state index is 12.1. The fraction of sp³-hybridized carbons (Fsp3) is 0.643. The van der Waals surface area contributed by atoms with Crippen molar-refractivity contribution in [3.8, 4) is 0 Å². The molecule has 50 heavy (non-hydrogen) atoms. The number of aliphatic hydroxyl groups excluding tert-OH is 1. The number of hydrogen-bond donors (Lipinski definition) is 1. The molecular formula is C42H77NO7. The van der Waals surface area contributed by atoms with Crippen molar-refractivity contribution in [2.24, 2.45) is 11.3 Å². The van der Waals surface area contributed by atoms with Crippen LogP contribution in [0.2, 0.25) is 0 Å². The second kappa shape index (κ2) is 44.0. The molecular weight excluding hydrogens is 630 g/mol. The van der Waals surface area contributed by atoms with Gasteiger partial charge in [-0.3, -0.25) is 4.79 Å². The van der Waals surface area contributed by atoms with E-state index in [0.29, 0.717) is 57.2 Å². The summed E-state index contributed by atoms with van der Waals surface area (Å²) in [4.78, 5) is 35.4. The van der Waals surface area contributed by atoms with Crippen molar-refractivity contribution in [1.82, 2.24) is 4.90 Å². The van der Waals surface area contributed by atoms with Gasteiger partial charge in [-0.1, -0.05) is 149 Å². The number of aliphatic hydroxyl groups is 1. The van der Waals surface area contributed by atoms with Gasteiger partial charge in [0, 0.05) is 19.8 Å². The molecule has 0 saturated heterocycles. The summed E-state index contributed by atoms with van der Waals surface area (Å²) in [5.74, 6) is 0.884. The van der Waals surface area contributed by atoms with E-state index in [-0.39, 0.29) is 12.9 Å². The number of imide groups is 1. The molecule has 0 aromatic heterocycles. The van der Waals surface area contributed by atoms with Gasteiger partial charge in [-0.05, 0) is 63.4 Å². The molecule has 1 N–H and O–H groups in total. The van der Waals surface area contributed by atoms with E-state index in [9.17, 15) is 14.4 Å². The number of amides is 2. The Kier molecular flexibility index (Phi) is 49.5. The lowest BCUT2D eigenvalue weighted by Gasteiger charge is -2.21. The van der Waals surface area contributed by atoms with Crippen molar-refractivity contribution >= 4 is 18.8 Å². The standard InChI is InChI=1S/C19H27NO6.C7H10.C6H14.C5H12.C3H8O.C2H6/c1-3-24-16(2)25-12-8-7-11-18(13-21)20(15-22)19(23)26-14-17-9-5-4-6-10-17;1-3-5-7-6-4-2;1-5-6(2,3)4;1-4-5(2)3;1-2-3-4;1-2/h4-6,9-10,13,15-16,18H,3,7-8,11-12,14H2,1-2H3;3-7H,1H2,2H3;5H2,1-4H3;5H,4H2,1-3H3;4H,2-3H2,1H3;1-2H3/b;6-4-,7-5-;;;;/t16?,18-;;;;;/m0...../s1. The van der Waals surface area contributed by atoms with Crippen molar-refractivity contribution in [1.29, 1.82) is 0 Å². The van der Waals surface area contributed by atoms with Gasteiger partial charge in [0.05, 0.1) is 6.04 Å². The van der Waals surface area contributed by atoms with E-state index < -0.39 is 12.1 Å². The Bertz CT molecular complexity index is 906. The molecule has 1 aromatic carbocycles. The summed E-state index contributed by atoms with van der Waals surface area (Å²) in [6.07, 6.45) is 14.4. The van der Waals surface area contributed by atoms with E-state index in [0.717, 1.165) is 22.8 Å². The van der Waals surface area contributed by atoms with Crippen molar-refractivity contribution in [2.45, 2.75) is 147 Å². The molecule has 0 aliphatic heterocycles. The van der Waals surface area contributed by atoms with Gasteiger partial charge in [0.1, 0.15) is 12.9 Å². The summed E-state index contributed by atoms with van der Waals surface area (Å²) in [6.45, 7) is 32.1. The molecule has 8 nitrogen and oxygen atoms in total. The quantitative estimate of drug-likeness (QED) is 0.0744. The van der Waals surface area contributed by atoms with Crippen LogP contribution < -0.4 is 0 Å². The SMILES string of the molecule is C=C/C=C\C=C/C.CC.CCC(C)(C)C.CCC(C)C.CCCO.CCOC(C)OCCCC[C@@H](C=O)N(C=O)C(=O)OCc1ccccc1. The Hall–Kier alpha value is -3.07. The van der Waals surface area contributed by atoms with Crippen molar-refractivity contribution in [3.05, 3.63) is 72.9 Å². The van der Waals surface area contributed by atoms with Crippen LogP contribution in [-0.4, -0.2) is 60.9 Å². The molecule has 0 spiro atoms. The third kappa shape index (κ3) is 47.0. The summed E-state index contributed by atoms with van der Waals surface area (Å²) >= 11 is 0. The number of hydrogen-bond acceptors (Lipinski definition) is 7. The van der Waals surface area contributed by atoms with Crippen LogP contribution in [0.5, 0.6) is 0 Å².